The van der Waals surface area contributed by atoms with Crippen LogP contribution < -0.4 is 5.32 Å². The number of piperidine rings is 1. The first-order chi connectivity index (χ1) is 8.01. The lowest BCUT2D eigenvalue weighted by atomic mass is 9.94. The Balaban J connectivity index is 2.26. The van der Waals surface area contributed by atoms with E-state index in [1.807, 2.05) is 0 Å². The van der Waals surface area contributed by atoms with Crippen molar-refractivity contribution in [2.24, 2.45) is 0 Å². The number of rotatable bonds is 2. The highest BCUT2D eigenvalue weighted by Crippen LogP contribution is 2.36. The summed E-state index contributed by atoms with van der Waals surface area (Å²) in [7, 11) is 0. The molecule has 1 unspecified atom stereocenters. The van der Waals surface area contributed by atoms with Crippen LogP contribution in [0.15, 0.2) is 18.2 Å². The van der Waals surface area contributed by atoms with Crippen molar-refractivity contribution >= 4 is 11.6 Å². The van der Waals surface area contributed by atoms with Crippen LogP contribution in [0.1, 0.15) is 24.8 Å². The molecule has 0 aromatic heterocycles. The molecule has 0 saturated carbocycles. The zero-order chi connectivity index (χ0) is 12.5. The fourth-order valence-electron chi connectivity index (χ4n) is 2.07. The van der Waals surface area contributed by atoms with E-state index in [9.17, 15) is 13.2 Å². The quantitative estimate of drug-likeness (QED) is 0.858. The van der Waals surface area contributed by atoms with Crippen LogP contribution in [0.4, 0.5) is 13.2 Å². The normalized spacial score (nSPS) is 21.5. The SMILES string of the molecule is Fc1ccc(C(F)(F)C2CCCCN2)cc1Cl. The van der Waals surface area contributed by atoms with Gasteiger partial charge in [0.15, 0.2) is 0 Å². The molecule has 1 saturated heterocycles. The highest BCUT2D eigenvalue weighted by molar-refractivity contribution is 6.30. The summed E-state index contributed by atoms with van der Waals surface area (Å²) in [5, 5.41) is 2.54. The first-order valence-corrected chi connectivity index (χ1v) is 5.96. The molecule has 1 N–H and O–H groups in total. The van der Waals surface area contributed by atoms with Crippen molar-refractivity contribution in [3.63, 3.8) is 0 Å². The molecule has 0 bridgehead atoms. The minimum Gasteiger partial charge on any atom is -0.308 e. The second kappa shape index (κ2) is 4.86. The van der Waals surface area contributed by atoms with E-state index < -0.39 is 17.8 Å². The van der Waals surface area contributed by atoms with E-state index in [2.05, 4.69) is 5.32 Å². The van der Waals surface area contributed by atoms with E-state index in [-0.39, 0.29) is 10.6 Å². The number of hydrogen-bond donors (Lipinski definition) is 1. The summed E-state index contributed by atoms with van der Waals surface area (Å²) in [5.74, 6) is -3.69. The van der Waals surface area contributed by atoms with Crippen molar-refractivity contribution < 1.29 is 13.2 Å². The van der Waals surface area contributed by atoms with Gasteiger partial charge in [0.1, 0.15) is 5.82 Å². The Labute approximate surface area is 103 Å². The number of benzene rings is 1. The van der Waals surface area contributed by atoms with Gasteiger partial charge in [-0.15, -0.1) is 0 Å². The van der Waals surface area contributed by atoms with Gasteiger partial charge < -0.3 is 5.32 Å². The Kier molecular flexibility index (Phi) is 3.64. The molecule has 1 heterocycles. The lowest BCUT2D eigenvalue weighted by Gasteiger charge is -2.31. The van der Waals surface area contributed by atoms with Gasteiger partial charge in [-0.05, 0) is 37.6 Å². The van der Waals surface area contributed by atoms with Gasteiger partial charge >= 0.3 is 0 Å². The van der Waals surface area contributed by atoms with E-state index in [1.54, 1.807) is 0 Å². The Hall–Kier alpha value is -0.740. The van der Waals surface area contributed by atoms with Crippen LogP contribution in [0.3, 0.4) is 0 Å². The molecule has 17 heavy (non-hydrogen) atoms. The molecule has 5 heteroatoms. The Morgan fingerprint density at radius 3 is 2.65 bits per heavy atom. The van der Waals surface area contributed by atoms with E-state index in [1.165, 1.54) is 0 Å². The lowest BCUT2D eigenvalue weighted by Crippen LogP contribution is -2.45. The predicted octanol–water partition coefficient (Wildman–Crippen LogP) is 3.71. The molecule has 1 nitrogen and oxygen atoms in total. The molecule has 0 spiro atoms. The second-order valence-corrected chi connectivity index (χ2v) is 4.66. The van der Waals surface area contributed by atoms with Crippen LogP contribution in [0, 0.1) is 5.82 Å². The minimum absolute atomic E-state index is 0.233. The Morgan fingerprint density at radius 1 is 1.29 bits per heavy atom. The Bertz CT molecular complexity index is 403. The zero-order valence-corrected chi connectivity index (χ0v) is 9.91. The highest BCUT2D eigenvalue weighted by Gasteiger charge is 2.41. The van der Waals surface area contributed by atoms with Crippen LogP contribution in [-0.4, -0.2) is 12.6 Å². The first-order valence-electron chi connectivity index (χ1n) is 5.58. The van der Waals surface area contributed by atoms with Crippen LogP contribution in [0.25, 0.3) is 0 Å². The summed E-state index contributed by atoms with van der Waals surface area (Å²) >= 11 is 5.53. The molecule has 1 aromatic rings. The molecule has 94 valence electrons. The standard InChI is InChI=1S/C12H13ClF3N/c13-9-7-8(4-5-10(9)14)12(15,16)11-3-1-2-6-17-11/h4-5,7,11,17H,1-3,6H2. The van der Waals surface area contributed by atoms with E-state index in [0.717, 1.165) is 31.0 Å². The van der Waals surface area contributed by atoms with Crippen molar-refractivity contribution in [1.29, 1.82) is 0 Å². The summed E-state index contributed by atoms with van der Waals surface area (Å²) in [6.45, 7) is 0.592. The molecule has 0 aliphatic carbocycles. The fraction of sp³-hybridized carbons (Fsp3) is 0.500. The summed E-state index contributed by atoms with van der Waals surface area (Å²) < 4.78 is 41.2. The fourth-order valence-corrected chi connectivity index (χ4v) is 2.25. The van der Waals surface area contributed by atoms with Gasteiger partial charge in [0, 0.05) is 5.56 Å². The summed E-state index contributed by atoms with van der Waals surface area (Å²) in [6.07, 6.45) is 2.11. The van der Waals surface area contributed by atoms with E-state index in [4.69, 9.17) is 11.6 Å². The maximum atomic E-state index is 14.1. The number of hydrogen-bond acceptors (Lipinski definition) is 1. The van der Waals surface area contributed by atoms with Crippen LogP contribution in [-0.2, 0) is 5.92 Å². The van der Waals surface area contributed by atoms with E-state index in [0.29, 0.717) is 13.0 Å². The van der Waals surface area contributed by atoms with Crippen molar-refractivity contribution in [3.05, 3.63) is 34.6 Å². The van der Waals surface area contributed by atoms with Gasteiger partial charge in [-0.25, -0.2) is 4.39 Å². The van der Waals surface area contributed by atoms with Gasteiger partial charge in [0.05, 0.1) is 11.1 Å². The number of alkyl halides is 2. The molecule has 2 rings (SSSR count). The van der Waals surface area contributed by atoms with Gasteiger partial charge in [-0.3, -0.25) is 0 Å². The maximum absolute atomic E-state index is 14.1. The van der Waals surface area contributed by atoms with Crippen molar-refractivity contribution in [2.75, 3.05) is 6.54 Å². The third kappa shape index (κ3) is 2.58. The lowest BCUT2D eigenvalue weighted by molar-refractivity contribution is -0.0512. The topological polar surface area (TPSA) is 12.0 Å². The molecule has 1 aliphatic rings. The third-order valence-electron chi connectivity index (χ3n) is 3.05. The molecule has 1 aliphatic heterocycles. The minimum atomic E-state index is -3.02. The second-order valence-electron chi connectivity index (χ2n) is 4.25. The number of halogens is 4. The van der Waals surface area contributed by atoms with Crippen LogP contribution in [0.5, 0.6) is 0 Å². The van der Waals surface area contributed by atoms with Gasteiger partial charge in [0.25, 0.3) is 5.92 Å². The molecule has 0 amide bonds. The third-order valence-corrected chi connectivity index (χ3v) is 3.34. The monoisotopic (exact) mass is 263 g/mol. The molecular weight excluding hydrogens is 251 g/mol. The summed E-state index contributed by atoms with van der Waals surface area (Å²) in [4.78, 5) is 0. The zero-order valence-electron chi connectivity index (χ0n) is 9.15. The number of nitrogens with one attached hydrogen (secondary N) is 1. The summed E-state index contributed by atoms with van der Waals surface area (Å²) in [6, 6.07) is 2.19. The largest absolute Gasteiger partial charge is 0.308 e. The van der Waals surface area contributed by atoms with E-state index >= 15 is 0 Å². The molecule has 1 fully saturated rings. The molecule has 1 aromatic carbocycles. The van der Waals surface area contributed by atoms with Crippen LogP contribution in [0.2, 0.25) is 5.02 Å². The Morgan fingerprint density at radius 2 is 2.06 bits per heavy atom. The van der Waals surface area contributed by atoms with Crippen molar-refractivity contribution in [3.8, 4) is 0 Å². The average Bonchev–Trinajstić information content (AvgIpc) is 2.33. The average molecular weight is 264 g/mol. The highest BCUT2D eigenvalue weighted by atomic mass is 35.5. The van der Waals surface area contributed by atoms with Gasteiger partial charge in [0.2, 0.25) is 0 Å². The van der Waals surface area contributed by atoms with Crippen molar-refractivity contribution in [2.45, 2.75) is 31.2 Å². The maximum Gasteiger partial charge on any atom is 0.288 e. The predicted molar refractivity (Wildman–Crippen MR) is 60.9 cm³/mol. The van der Waals surface area contributed by atoms with Gasteiger partial charge in [-0.1, -0.05) is 18.0 Å². The van der Waals surface area contributed by atoms with Crippen LogP contribution >= 0.6 is 11.6 Å². The van der Waals surface area contributed by atoms with Gasteiger partial charge in [-0.2, -0.15) is 8.78 Å². The van der Waals surface area contributed by atoms with Crippen molar-refractivity contribution in [1.82, 2.24) is 5.32 Å². The summed E-state index contributed by atoms with van der Waals surface area (Å²) in [5.41, 5.74) is -0.233. The molecular formula is C12H13ClF3N. The molecule has 0 radical (unpaired) electrons. The first kappa shape index (κ1) is 12.7. The smallest absolute Gasteiger partial charge is 0.288 e. The molecule has 1 atom stereocenters.